The minimum atomic E-state index is -0.0218. The molecule has 2 aliphatic rings. The second-order valence-electron chi connectivity index (χ2n) is 8.69. The first-order chi connectivity index (χ1) is 15.1. The molecule has 1 amide bonds. The monoisotopic (exact) mass is 428 g/mol. The van der Waals surface area contributed by atoms with Crippen molar-refractivity contribution in [1.29, 1.82) is 0 Å². The zero-order chi connectivity index (χ0) is 22.1. The number of guanidine groups is 1. The molecule has 2 aliphatic heterocycles. The Morgan fingerprint density at radius 2 is 1.74 bits per heavy atom. The fraction of sp³-hybridized carbons (Fsp3) is 0.667. The normalized spacial score (nSPS) is 19.2. The van der Waals surface area contributed by atoms with Crippen molar-refractivity contribution in [3.05, 3.63) is 35.9 Å². The fourth-order valence-electron chi connectivity index (χ4n) is 4.41. The number of hydrogen-bond donors (Lipinski definition) is 1. The number of aliphatic imine (C=N–C) groups is 1. The van der Waals surface area contributed by atoms with Gasteiger partial charge in [-0.1, -0.05) is 30.3 Å². The molecule has 0 aromatic heterocycles. The molecule has 2 saturated heterocycles. The van der Waals surface area contributed by atoms with Crippen LogP contribution in [0.4, 0.5) is 0 Å². The number of likely N-dealkylation sites (tertiary alicyclic amines) is 1. The molecule has 1 aromatic rings. The van der Waals surface area contributed by atoms with Crippen LogP contribution in [-0.4, -0.2) is 103 Å². The number of rotatable bonds is 8. The highest BCUT2D eigenvalue weighted by Crippen LogP contribution is 2.14. The van der Waals surface area contributed by atoms with Crippen LogP contribution in [0.3, 0.4) is 0 Å². The van der Waals surface area contributed by atoms with Crippen molar-refractivity contribution in [2.45, 2.75) is 39.3 Å². The van der Waals surface area contributed by atoms with Gasteiger partial charge in [-0.05, 0) is 39.3 Å². The number of likely N-dealkylation sites (N-methyl/N-ethyl adjacent to an activating group) is 1. The minimum absolute atomic E-state index is 0.0218. The van der Waals surface area contributed by atoms with E-state index in [0.717, 1.165) is 84.2 Å². The predicted octanol–water partition coefficient (Wildman–Crippen LogP) is 1.71. The van der Waals surface area contributed by atoms with Crippen LogP contribution in [0, 0.1) is 0 Å². The van der Waals surface area contributed by atoms with Crippen LogP contribution in [0.25, 0.3) is 0 Å². The van der Waals surface area contributed by atoms with E-state index in [4.69, 9.17) is 4.99 Å². The van der Waals surface area contributed by atoms with Crippen LogP contribution in [-0.2, 0) is 11.3 Å². The summed E-state index contributed by atoms with van der Waals surface area (Å²) in [6.07, 6.45) is 2.30. The molecule has 1 N–H and O–H groups in total. The Morgan fingerprint density at radius 3 is 2.39 bits per heavy atom. The van der Waals surface area contributed by atoms with E-state index in [1.165, 1.54) is 5.56 Å². The lowest BCUT2D eigenvalue weighted by Crippen LogP contribution is -2.57. The highest BCUT2D eigenvalue weighted by molar-refractivity contribution is 5.82. The van der Waals surface area contributed by atoms with Crippen LogP contribution in [0.15, 0.2) is 35.3 Å². The van der Waals surface area contributed by atoms with E-state index in [2.05, 4.69) is 71.2 Å². The van der Waals surface area contributed by atoms with Crippen molar-refractivity contribution in [3.8, 4) is 0 Å². The van der Waals surface area contributed by atoms with E-state index < -0.39 is 0 Å². The highest BCUT2D eigenvalue weighted by atomic mass is 16.2. The maximum Gasteiger partial charge on any atom is 0.239 e. The standard InChI is InChI=1S/C24H40N6O/c1-4-25-24(26-12-15-27(3)20-22-10-6-5-7-11-22)30-18-16-28(17-19-30)21(2)23(31)29-13-8-9-14-29/h5-7,10-11,21H,4,8-9,12-20H2,1-3H3,(H,25,26). The summed E-state index contributed by atoms with van der Waals surface area (Å²) in [5.74, 6) is 1.29. The van der Waals surface area contributed by atoms with Crippen molar-refractivity contribution in [2.24, 2.45) is 4.99 Å². The summed E-state index contributed by atoms with van der Waals surface area (Å²) in [4.78, 5) is 26.6. The maximum absolute atomic E-state index is 12.7. The van der Waals surface area contributed by atoms with Crippen molar-refractivity contribution >= 4 is 11.9 Å². The second-order valence-corrected chi connectivity index (χ2v) is 8.69. The van der Waals surface area contributed by atoms with Crippen LogP contribution in [0.1, 0.15) is 32.3 Å². The van der Waals surface area contributed by atoms with Crippen molar-refractivity contribution in [2.75, 3.05) is 66.0 Å². The maximum atomic E-state index is 12.7. The molecule has 0 bridgehead atoms. The van der Waals surface area contributed by atoms with Gasteiger partial charge in [0.05, 0.1) is 12.6 Å². The molecule has 2 fully saturated rings. The number of nitrogens with zero attached hydrogens (tertiary/aromatic N) is 5. The van der Waals surface area contributed by atoms with E-state index in [1.807, 2.05) is 4.90 Å². The summed E-state index contributed by atoms with van der Waals surface area (Å²) in [5.41, 5.74) is 1.33. The Hall–Kier alpha value is -2.12. The third-order valence-corrected chi connectivity index (χ3v) is 6.31. The van der Waals surface area contributed by atoms with E-state index in [0.29, 0.717) is 5.91 Å². The number of nitrogens with one attached hydrogen (secondary N) is 1. The van der Waals surface area contributed by atoms with Crippen LogP contribution < -0.4 is 5.32 Å². The average molecular weight is 429 g/mol. The molecule has 0 radical (unpaired) electrons. The number of carbonyl (C=O) groups excluding carboxylic acids is 1. The highest BCUT2D eigenvalue weighted by Gasteiger charge is 2.30. The smallest absolute Gasteiger partial charge is 0.239 e. The van der Waals surface area contributed by atoms with Crippen molar-refractivity contribution in [1.82, 2.24) is 24.9 Å². The first kappa shape index (κ1) is 23.5. The first-order valence-electron chi connectivity index (χ1n) is 11.9. The molecule has 172 valence electrons. The summed E-state index contributed by atoms with van der Waals surface area (Å²) in [7, 11) is 2.15. The van der Waals surface area contributed by atoms with Crippen molar-refractivity contribution in [3.63, 3.8) is 0 Å². The third kappa shape index (κ3) is 6.94. The summed E-state index contributed by atoms with van der Waals surface area (Å²) < 4.78 is 0. The second kappa shape index (κ2) is 12.1. The van der Waals surface area contributed by atoms with Crippen molar-refractivity contribution < 1.29 is 4.79 Å². The minimum Gasteiger partial charge on any atom is -0.357 e. The van der Waals surface area contributed by atoms with E-state index in [1.54, 1.807) is 0 Å². The van der Waals surface area contributed by atoms with Crippen LogP contribution in [0.2, 0.25) is 0 Å². The SMILES string of the molecule is CCNC(=NCCN(C)Cc1ccccc1)N1CCN(C(C)C(=O)N2CCCC2)CC1. The summed E-state index contributed by atoms with van der Waals surface area (Å²) >= 11 is 0. The summed E-state index contributed by atoms with van der Waals surface area (Å²) in [6, 6.07) is 10.5. The molecule has 0 saturated carbocycles. The molecule has 2 heterocycles. The Labute approximate surface area is 188 Å². The zero-order valence-electron chi connectivity index (χ0n) is 19.6. The van der Waals surface area contributed by atoms with Gasteiger partial charge < -0.3 is 20.0 Å². The van der Waals surface area contributed by atoms with Gasteiger partial charge >= 0.3 is 0 Å². The summed E-state index contributed by atoms with van der Waals surface area (Å²) in [5, 5.41) is 3.45. The van der Waals surface area contributed by atoms with Gasteiger partial charge in [0.15, 0.2) is 5.96 Å². The first-order valence-corrected chi connectivity index (χ1v) is 11.9. The van der Waals surface area contributed by atoms with E-state index in [-0.39, 0.29) is 6.04 Å². The van der Waals surface area contributed by atoms with Crippen LogP contribution in [0.5, 0.6) is 0 Å². The molecule has 7 heteroatoms. The van der Waals surface area contributed by atoms with Gasteiger partial charge in [-0.2, -0.15) is 0 Å². The van der Waals surface area contributed by atoms with Gasteiger partial charge in [-0.25, -0.2) is 0 Å². The van der Waals surface area contributed by atoms with E-state index in [9.17, 15) is 4.79 Å². The lowest BCUT2D eigenvalue weighted by atomic mass is 10.2. The lowest BCUT2D eigenvalue weighted by molar-refractivity contribution is -0.135. The Kier molecular flexibility index (Phi) is 9.15. The fourth-order valence-corrected chi connectivity index (χ4v) is 4.41. The number of amides is 1. The van der Waals surface area contributed by atoms with E-state index >= 15 is 0 Å². The molecule has 1 atom stereocenters. The Bertz CT molecular complexity index is 695. The largest absolute Gasteiger partial charge is 0.357 e. The van der Waals surface area contributed by atoms with Gasteiger partial charge in [0.25, 0.3) is 0 Å². The molecule has 1 aromatic carbocycles. The lowest BCUT2D eigenvalue weighted by Gasteiger charge is -2.39. The quantitative estimate of drug-likeness (QED) is 0.505. The molecule has 1 unspecified atom stereocenters. The molecule has 31 heavy (non-hydrogen) atoms. The van der Waals surface area contributed by atoms with Gasteiger partial charge in [0.1, 0.15) is 0 Å². The average Bonchev–Trinajstić information content (AvgIpc) is 3.33. The van der Waals surface area contributed by atoms with Gasteiger partial charge in [0, 0.05) is 58.9 Å². The topological polar surface area (TPSA) is 54.4 Å². The third-order valence-electron chi connectivity index (χ3n) is 6.31. The zero-order valence-corrected chi connectivity index (χ0v) is 19.6. The van der Waals surface area contributed by atoms with Crippen LogP contribution >= 0.6 is 0 Å². The number of piperazine rings is 1. The molecule has 0 spiro atoms. The Morgan fingerprint density at radius 1 is 1.06 bits per heavy atom. The number of carbonyl (C=O) groups is 1. The predicted molar refractivity (Wildman–Crippen MR) is 127 cm³/mol. The summed E-state index contributed by atoms with van der Waals surface area (Å²) in [6.45, 7) is 13.2. The number of benzene rings is 1. The van der Waals surface area contributed by atoms with Gasteiger partial charge in [0.2, 0.25) is 5.91 Å². The molecule has 3 rings (SSSR count). The number of hydrogen-bond acceptors (Lipinski definition) is 4. The van der Waals surface area contributed by atoms with Gasteiger partial charge in [-0.3, -0.25) is 14.7 Å². The molecular weight excluding hydrogens is 388 g/mol. The molecular formula is C24H40N6O. The molecule has 0 aliphatic carbocycles. The van der Waals surface area contributed by atoms with Gasteiger partial charge in [-0.15, -0.1) is 0 Å². The Balaban J connectivity index is 1.46. The molecule has 7 nitrogen and oxygen atoms in total.